The van der Waals surface area contributed by atoms with E-state index in [0.717, 1.165) is 5.69 Å². The first kappa shape index (κ1) is 15.5. The summed E-state index contributed by atoms with van der Waals surface area (Å²) in [6.07, 6.45) is 0. The fourth-order valence-corrected chi connectivity index (χ4v) is 2.05. The Bertz CT molecular complexity index is 709. The Balaban J connectivity index is 2.32. The Morgan fingerprint density at radius 2 is 1.82 bits per heavy atom. The molecule has 22 heavy (non-hydrogen) atoms. The van der Waals surface area contributed by atoms with Crippen LogP contribution in [0.1, 0.15) is 35.7 Å². The highest BCUT2D eigenvalue weighted by molar-refractivity contribution is 5.94. The van der Waals surface area contributed by atoms with Crippen LogP contribution < -0.4 is 11.1 Å². The maximum Gasteiger partial charge on any atom is 0.293 e. The van der Waals surface area contributed by atoms with Gasteiger partial charge in [-0.1, -0.05) is 26.0 Å². The zero-order valence-corrected chi connectivity index (χ0v) is 12.4. The fourth-order valence-electron chi connectivity index (χ4n) is 2.05. The predicted molar refractivity (Wildman–Crippen MR) is 85.4 cm³/mol. The third kappa shape index (κ3) is 3.41. The van der Waals surface area contributed by atoms with Crippen molar-refractivity contribution in [2.75, 3.05) is 5.32 Å². The SMILES string of the molecule is CC(C)c1ccc(Nc2ccc(C(N)=O)cc2[N+](=O)[O-])cc1. The Hall–Kier alpha value is -2.89. The molecule has 0 aliphatic rings. The minimum absolute atomic E-state index is 0.104. The average Bonchev–Trinajstić information content (AvgIpc) is 2.47. The van der Waals surface area contributed by atoms with Crippen molar-refractivity contribution >= 4 is 23.0 Å². The molecule has 3 N–H and O–H groups in total. The summed E-state index contributed by atoms with van der Waals surface area (Å²) in [4.78, 5) is 21.7. The summed E-state index contributed by atoms with van der Waals surface area (Å²) in [6, 6.07) is 11.8. The van der Waals surface area contributed by atoms with Gasteiger partial charge in [0.25, 0.3) is 5.69 Å². The van der Waals surface area contributed by atoms with Crippen LogP contribution >= 0.6 is 0 Å². The molecule has 0 aromatic heterocycles. The van der Waals surface area contributed by atoms with E-state index in [2.05, 4.69) is 19.2 Å². The summed E-state index contributed by atoms with van der Waals surface area (Å²) < 4.78 is 0. The van der Waals surface area contributed by atoms with Gasteiger partial charge in [-0.25, -0.2) is 0 Å². The number of benzene rings is 2. The molecule has 0 saturated heterocycles. The summed E-state index contributed by atoms with van der Waals surface area (Å²) in [5.41, 5.74) is 7.29. The molecular weight excluding hydrogens is 282 g/mol. The maximum atomic E-state index is 11.1. The number of nitrogens with two attached hydrogens (primary N) is 1. The van der Waals surface area contributed by atoms with Crippen LogP contribution in [-0.2, 0) is 0 Å². The van der Waals surface area contributed by atoms with E-state index in [0.29, 0.717) is 11.6 Å². The third-order valence-electron chi connectivity index (χ3n) is 3.34. The quantitative estimate of drug-likeness (QED) is 0.651. The van der Waals surface area contributed by atoms with E-state index >= 15 is 0 Å². The number of nitrogens with one attached hydrogen (secondary N) is 1. The molecule has 0 radical (unpaired) electrons. The molecule has 6 nitrogen and oxygen atoms in total. The molecule has 114 valence electrons. The summed E-state index contributed by atoms with van der Waals surface area (Å²) >= 11 is 0. The van der Waals surface area contributed by atoms with Gasteiger partial charge in [-0.2, -0.15) is 0 Å². The smallest absolute Gasteiger partial charge is 0.293 e. The summed E-state index contributed by atoms with van der Waals surface area (Å²) in [5, 5.41) is 14.1. The highest BCUT2D eigenvalue weighted by Crippen LogP contribution is 2.29. The van der Waals surface area contributed by atoms with E-state index in [1.54, 1.807) is 0 Å². The van der Waals surface area contributed by atoms with E-state index < -0.39 is 10.8 Å². The van der Waals surface area contributed by atoms with Gasteiger partial charge in [-0.15, -0.1) is 0 Å². The van der Waals surface area contributed by atoms with Crippen molar-refractivity contribution in [3.63, 3.8) is 0 Å². The number of nitrogens with zero attached hydrogens (tertiary/aromatic N) is 1. The fraction of sp³-hybridized carbons (Fsp3) is 0.188. The number of nitro benzene ring substituents is 1. The number of nitro groups is 1. The zero-order chi connectivity index (χ0) is 16.3. The molecule has 0 spiro atoms. The molecule has 0 fully saturated rings. The van der Waals surface area contributed by atoms with E-state index in [9.17, 15) is 14.9 Å². The number of hydrogen-bond acceptors (Lipinski definition) is 4. The predicted octanol–water partition coefficient (Wildman–Crippen LogP) is 3.56. The molecule has 0 aliphatic heterocycles. The largest absolute Gasteiger partial charge is 0.366 e. The molecule has 0 unspecified atom stereocenters. The van der Waals surface area contributed by atoms with Gasteiger partial charge < -0.3 is 11.1 Å². The topological polar surface area (TPSA) is 98.3 Å². The van der Waals surface area contributed by atoms with Crippen molar-refractivity contribution in [3.05, 3.63) is 63.7 Å². The minimum Gasteiger partial charge on any atom is -0.366 e. The molecule has 2 aromatic carbocycles. The highest BCUT2D eigenvalue weighted by Gasteiger charge is 2.16. The highest BCUT2D eigenvalue weighted by atomic mass is 16.6. The number of carbonyl (C=O) groups excluding carboxylic acids is 1. The van der Waals surface area contributed by atoms with Crippen molar-refractivity contribution in [2.24, 2.45) is 5.73 Å². The first-order chi connectivity index (χ1) is 10.4. The van der Waals surface area contributed by atoms with Gasteiger partial charge in [0.1, 0.15) is 5.69 Å². The normalized spacial score (nSPS) is 10.5. The second-order valence-electron chi connectivity index (χ2n) is 5.25. The van der Waals surface area contributed by atoms with Gasteiger partial charge in [0, 0.05) is 17.3 Å². The second kappa shape index (κ2) is 6.26. The van der Waals surface area contributed by atoms with Crippen molar-refractivity contribution in [1.29, 1.82) is 0 Å². The van der Waals surface area contributed by atoms with Gasteiger partial charge >= 0.3 is 0 Å². The number of rotatable bonds is 5. The van der Waals surface area contributed by atoms with Crippen molar-refractivity contribution in [2.45, 2.75) is 19.8 Å². The number of carbonyl (C=O) groups is 1. The van der Waals surface area contributed by atoms with Gasteiger partial charge in [0.2, 0.25) is 5.91 Å². The summed E-state index contributed by atoms with van der Waals surface area (Å²) in [7, 11) is 0. The Morgan fingerprint density at radius 3 is 2.32 bits per heavy atom. The van der Waals surface area contributed by atoms with E-state index in [4.69, 9.17) is 5.73 Å². The molecule has 6 heteroatoms. The number of hydrogen-bond donors (Lipinski definition) is 2. The Labute approximate surface area is 128 Å². The standard InChI is InChI=1S/C16H17N3O3/c1-10(2)11-3-6-13(7-4-11)18-14-8-5-12(16(17)20)9-15(14)19(21)22/h3-10,18H,1-2H3,(H2,17,20). The minimum atomic E-state index is -0.698. The van der Waals surface area contributed by atoms with Crippen molar-refractivity contribution < 1.29 is 9.72 Å². The molecule has 0 atom stereocenters. The van der Waals surface area contributed by atoms with Crippen LogP contribution in [0.5, 0.6) is 0 Å². The molecule has 0 saturated carbocycles. The van der Waals surface area contributed by atoms with Gasteiger partial charge in [0.15, 0.2) is 0 Å². The van der Waals surface area contributed by atoms with Crippen LogP contribution in [0.4, 0.5) is 17.1 Å². The number of anilines is 2. The second-order valence-corrected chi connectivity index (χ2v) is 5.25. The lowest BCUT2D eigenvalue weighted by Crippen LogP contribution is -2.11. The van der Waals surface area contributed by atoms with Gasteiger partial charge in [-0.05, 0) is 35.7 Å². The van der Waals surface area contributed by atoms with Crippen LogP contribution in [0.2, 0.25) is 0 Å². The zero-order valence-electron chi connectivity index (χ0n) is 12.4. The number of amides is 1. The monoisotopic (exact) mass is 299 g/mol. The molecular formula is C16H17N3O3. The molecule has 2 rings (SSSR count). The number of primary amides is 1. The van der Waals surface area contributed by atoms with Gasteiger partial charge in [-0.3, -0.25) is 14.9 Å². The lowest BCUT2D eigenvalue weighted by molar-refractivity contribution is -0.383. The molecule has 0 bridgehead atoms. The molecule has 0 aliphatic carbocycles. The summed E-state index contributed by atoms with van der Waals surface area (Å²) in [5.74, 6) is -0.283. The van der Waals surface area contributed by atoms with Crippen LogP contribution in [0.25, 0.3) is 0 Å². The Morgan fingerprint density at radius 1 is 1.18 bits per heavy atom. The van der Waals surface area contributed by atoms with Gasteiger partial charge in [0.05, 0.1) is 4.92 Å². The van der Waals surface area contributed by atoms with E-state index in [1.165, 1.54) is 23.8 Å². The molecule has 2 aromatic rings. The summed E-state index contributed by atoms with van der Waals surface area (Å²) in [6.45, 7) is 4.19. The van der Waals surface area contributed by atoms with Crippen LogP contribution in [0, 0.1) is 10.1 Å². The van der Waals surface area contributed by atoms with Crippen molar-refractivity contribution in [1.82, 2.24) is 0 Å². The Kier molecular flexibility index (Phi) is 4.41. The lowest BCUT2D eigenvalue weighted by Gasteiger charge is -2.10. The third-order valence-corrected chi connectivity index (χ3v) is 3.34. The van der Waals surface area contributed by atoms with Crippen molar-refractivity contribution in [3.8, 4) is 0 Å². The molecule has 1 amide bonds. The van der Waals surface area contributed by atoms with E-state index in [-0.39, 0.29) is 11.3 Å². The average molecular weight is 299 g/mol. The maximum absolute atomic E-state index is 11.1. The van der Waals surface area contributed by atoms with Crippen LogP contribution in [0.3, 0.4) is 0 Å². The van der Waals surface area contributed by atoms with Crippen LogP contribution in [-0.4, -0.2) is 10.8 Å². The first-order valence-corrected chi connectivity index (χ1v) is 6.83. The lowest BCUT2D eigenvalue weighted by atomic mass is 10.0. The molecule has 0 heterocycles. The first-order valence-electron chi connectivity index (χ1n) is 6.83. The van der Waals surface area contributed by atoms with Crippen LogP contribution in [0.15, 0.2) is 42.5 Å². The van der Waals surface area contributed by atoms with E-state index in [1.807, 2.05) is 24.3 Å².